The Labute approximate surface area is 203 Å². The van der Waals surface area contributed by atoms with E-state index in [4.69, 9.17) is 9.47 Å². The molecule has 0 aromatic heterocycles. The van der Waals surface area contributed by atoms with Crippen molar-refractivity contribution < 1.29 is 29.0 Å². The van der Waals surface area contributed by atoms with Crippen molar-refractivity contribution in [1.29, 1.82) is 0 Å². The summed E-state index contributed by atoms with van der Waals surface area (Å²) in [6, 6.07) is -0.374. The van der Waals surface area contributed by atoms with E-state index in [0.717, 1.165) is 18.4 Å². The highest BCUT2D eigenvalue weighted by Gasteiger charge is 2.65. The molecule has 1 aliphatic heterocycles. The molecule has 34 heavy (non-hydrogen) atoms. The van der Waals surface area contributed by atoms with Gasteiger partial charge in [-0.05, 0) is 75.7 Å². The summed E-state index contributed by atoms with van der Waals surface area (Å²) in [5, 5.41) is 14.9. The Balaban J connectivity index is 1.99. The first kappa shape index (κ1) is 26.5. The lowest BCUT2D eigenvalue weighted by Crippen LogP contribution is -2.70. The smallest absolute Gasteiger partial charge is 0.333 e. The highest BCUT2D eigenvalue weighted by Crippen LogP contribution is 2.64. The molecular weight excluding hydrogens is 434 g/mol. The molecule has 0 radical (unpaired) electrons. The Kier molecular flexibility index (Phi) is 7.38. The van der Waals surface area contributed by atoms with Gasteiger partial charge in [-0.25, -0.2) is 9.59 Å². The monoisotopic (exact) mass is 475 g/mol. The zero-order chi connectivity index (χ0) is 25.5. The van der Waals surface area contributed by atoms with E-state index in [1.54, 1.807) is 19.1 Å². The molecule has 0 bridgehead atoms. The fourth-order valence-electron chi connectivity index (χ4n) is 6.77. The molecule has 0 spiro atoms. The summed E-state index contributed by atoms with van der Waals surface area (Å²) in [6.45, 7) is 13.6. The van der Waals surface area contributed by atoms with Crippen molar-refractivity contribution in [2.75, 3.05) is 6.61 Å². The molecule has 0 saturated heterocycles. The maximum atomic E-state index is 12.8. The molecule has 2 N–H and O–H groups in total. The number of cyclic esters (lactones) is 1. The molecule has 3 aliphatic rings. The average molecular weight is 476 g/mol. The van der Waals surface area contributed by atoms with Gasteiger partial charge in [-0.15, -0.1) is 0 Å². The summed E-state index contributed by atoms with van der Waals surface area (Å²) < 4.78 is 11.2. The van der Waals surface area contributed by atoms with Gasteiger partial charge in [0.15, 0.2) is 0 Å². The summed E-state index contributed by atoms with van der Waals surface area (Å²) in [6.07, 6.45) is 6.48. The van der Waals surface area contributed by atoms with Crippen molar-refractivity contribution in [3.63, 3.8) is 0 Å². The third kappa shape index (κ3) is 4.56. The van der Waals surface area contributed by atoms with Crippen LogP contribution in [0.15, 0.2) is 23.3 Å². The number of amides is 1. The van der Waals surface area contributed by atoms with Crippen molar-refractivity contribution in [3.8, 4) is 0 Å². The molecule has 1 amide bonds. The number of aliphatic hydroxyl groups is 1. The lowest BCUT2D eigenvalue weighted by Gasteiger charge is -2.65. The van der Waals surface area contributed by atoms with Gasteiger partial charge in [-0.1, -0.05) is 26.8 Å². The molecule has 0 aromatic carbocycles. The minimum absolute atomic E-state index is 0.0471. The van der Waals surface area contributed by atoms with Gasteiger partial charge in [0.2, 0.25) is 5.91 Å². The third-order valence-corrected chi connectivity index (χ3v) is 9.46. The van der Waals surface area contributed by atoms with Crippen molar-refractivity contribution in [3.05, 3.63) is 23.3 Å². The van der Waals surface area contributed by atoms with E-state index in [1.807, 2.05) is 13.8 Å². The minimum atomic E-state index is -1.19. The number of rotatable bonds is 6. The molecular formula is C27H41NO6. The zero-order valence-electron chi connectivity index (χ0n) is 21.7. The van der Waals surface area contributed by atoms with Crippen LogP contribution in [-0.2, 0) is 23.9 Å². The predicted molar refractivity (Wildman–Crippen MR) is 129 cm³/mol. The highest BCUT2D eigenvalue weighted by atomic mass is 16.5. The first-order valence-corrected chi connectivity index (χ1v) is 12.5. The van der Waals surface area contributed by atoms with E-state index < -0.39 is 11.0 Å². The second kappa shape index (κ2) is 9.48. The fraction of sp³-hybridized carbons (Fsp3) is 0.741. The van der Waals surface area contributed by atoms with Gasteiger partial charge in [0.25, 0.3) is 0 Å². The molecule has 2 saturated carbocycles. The van der Waals surface area contributed by atoms with Crippen molar-refractivity contribution in [1.82, 2.24) is 5.32 Å². The Morgan fingerprint density at radius 3 is 2.50 bits per heavy atom. The Morgan fingerprint density at radius 2 is 1.94 bits per heavy atom. The number of fused-ring (bicyclic) bond motifs is 1. The molecule has 7 nitrogen and oxygen atoms in total. The van der Waals surface area contributed by atoms with Crippen LogP contribution < -0.4 is 5.32 Å². The number of hydrogen-bond donors (Lipinski definition) is 2. The van der Waals surface area contributed by atoms with Crippen LogP contribution in [0.1, 0.15) is 80.6 Å². The topological polar surface area (TPSA) is 102 Å². The number of hydrogen-bond acceptors (Lipinski definition) is 6. The number of nitrogens with one attached hydrogen (secondary N) is 1. The Morgan fingerprint density at radius 1 is 1.26 bits per heavy atom. The number of carbonyl (C=O) groups is 3. The number of carbonyl (C=O) groups excluding carboxylic acids is 3. The highest BCUT2D eigenvalue weighted by molar-refractivity contribution is 5.87. The molecule has 190 valence electrons. The normalized spacial score (nSPS) is 40.2. The largest absolute Gasteiger partial charge is 0.459 e. The first-order valence-electron chi connectivity index (χ1n) is 12.5. The van der Waals surface area contributed by atoms with E-state index in [0.29, 0.717) is 31.4 Å². The predicted octanol–water partition coefficient (Wildman–Crippen LogP) is 3.85. The minimum Gasteiger partial charge on any atom is -0.459 e. The summed E-state index contributed by atoms with van der Waals surface area (Å²) in [7, 11) is 0. The standard InChI is InChI=1S/C27H41NO6/c1-8-16(2)24(31)34-20-14-26(6)21(9-10-22(27(26,7)32)28-18(4)29)25(5,17(20)3)12-11-19-13-23(30)33-15-19/h8,13,17,20-22,32H,9-12,14-15H2,1-7H3,(H,28,29)/b16-8-/t17-,20+,21+,22-,25-,26-,27+/m1/s1. The molecule has 2 fully saturated rings. The lowest BCUT2D eigenvalue weighted by atomic mass is 9.42. The fourth-order valence-corrected chi connectivity index (χ4v) is 6.77. The van der Waals surface area contributed by atoms with Gasteiger partial charge in [-0.3, -0.25) is 4.79 Å². The molecule has 0 aromatic rings. The maximum Gasteiger partial charge on any atom is 0.333 e. The first-order chi connectivity index (χ1) is 15.8. The van der Waals surface area contributed by atoms with Gasteiger partial charge in [0.1, 0.15) is 12.7 Å². The van der Waals surface area contributed by atoms with Gasteiger partial charge in [0, 0.05) is 24.0 Å². The van der Waals surface area contributed by atoms with E-state index in [-0.39, 0.29) is 47.2 Å². The average Bonchev–Trinajstić information content (AvgIpc) is 3.18. The molecule has 0 unspecified atom stereocenters. The van der Waals surface area contributed by atoms with Crippen LogP contribution >= 0.6 is 0 Å². The van der Waals surface area contributed by atoms with Crippen molar-refractivity contribution >= 4 is 17.8 Å². The van der Waals surface area contributed by atoms with Gasteiger partial charge in [0.05, 0.1) is 11.6 Å². The van der Waals surface area contributed by atoms with Crippen LogP contribution in [0.4, 0.5) is 0 Å². The van der Waals surface area contributed by atoms with Gasteiger partial charge >= 0.3 is 11.9 Å². The van der Waals surface area contributed by atoms with E-state index in [2.05, 4.69) is 26.1 Å². The van der Waals surface area contributed by atoms with Crippen LogP contribution in [0, 0.1) is 22.7 Å². The lowest BCUT2D eigenvalue weighted by molar-refractivity contribution is -0.234. The van der Waals surface area contributed by atoms with Crippen LogP contribution in [0.25, 0.3) is 0 Å². The van der Waals surface area contributed by atoms with Crippen molar-refractivity contribution in [2.45, 2.75) is 98.3 Å². The zero-order valence-corrected chi connectivity index (χ0v) is 21.7. The Bertz CT molecular complexity index is 905. The van der Waals surface area contributed by atoms with E-state index >= 15 is 0 Å². The molecule has 2 aliphatic carbocycles. The van der Waals surface area contributed by atoms with E-state index in [9.17, 15) is 19.5 Å². The summed E-state index contributed by atoms with van der Waals surface area (Å²) >= 11 is 0. The number of ether oxygens (including phenoxy) is 2. The third-order valence-electron chi connectivity index (χ3n) is 9.46. The molecule has 7 heteroatoms. The second-order valence-electron chi connectivity index (χ2n) is 11.3. The quantitative estimate of drug-likeness (QED) is 0.447. The van der Waals surface area contributed by atoms with Crippen molar-refractivity contribution in [2.24, 2.45) is 22.7 Å². The Hall–Kier alpha value is -2.15. The van der Waals surface area contributed by atoms with Crippen LogP contribution in [0.2, 0.25) is 0 Å². The SMILES string of the molecule is C/C=C(/C)C(=O)O[C@H]1C[C@]2(C)[C@@H](CC[C@@H](NC(C)=O)[C@]2(C)O)[C@](C)(CCC2=CC(=O)OC2)[C@@H]1C. The number of allylic oxidation sites excluding steroid dienone is 1. The van der Waals surface area contributed by atoms with Gasteiger partial charge < -0.3 is 19.9 Å². The summed E-state index contributed by atoms with van der Waals surface area (Å²) in [4.78, 5) is 36.2. The maximum absolute atomic E-state index is 12.8. The molecule has 3 rings (SSSR count). The summed E-state index contributed by atoms with van der Waals surface area (Å²) in [5.74, 6) is -0.606. The number of esters is 2. The molecule has 7 atom stereocenters. The summed E-state index contributed by atoms with van der Waals surface area (Å²) in [5.41, 5.74) is -0.513. The van der Waals surface area contributed by atoms with Crippen LogP contribution in [-0.4, -0.2) is 47.3 Å². The van der Waals surface area contributed by atoms with Gasteiger partial charge in [-0.2, -0.15) is 0 Å². The van der Waals surface area contributed by atoms with E-state index in [1.165, 1.54) is 6.92 Å². The molecule has 1 heterocycles. The van der Waals surface area contributed by atoms with Crippen LogP contribution in [0.5, 0.6) is 0 Å². The van der Waals surface area contributed by atoms with Crippen LogP contribution in [0.3, 0.4) is 0 Å². The second-order valence-corrected chi connectivity index (χ2v) is 11.3.